The van der Waals surface area contributed by atoms with Crippen molar-refractivity contribution in [3.63, 3.8) is 0 Å². The van der Waals surface area contributed by atoms with Crippen molar-refractivity contribution in [3.8, 4) is 11.4 Å². The van der Waals surface area contributed by atoms with Crippen molar-refractivity contribution in [1.82, 2.24) is 15.0 Å². The maximum Gasteiger partial charge on any atom is 0.329 e. The summed E-state index contributed by atoms with van der Waals surface area (Å²) >= 11 is 0. The number of carbonyl (C=O) groups is 3. The molecule has 0 bridgehead atoms. The zero-order valence-corrected chi connectivity index (χ0v) is 17.4. The Hall–Kier alpha value is -3.81. The molecule has 8 nitrogen and oxygen atoms in total. The molecule has 3 aromatic rings. The van der Waals surface area contributed by atoms with Gasteiger partial charge in [-0.1, -0.05) is 55.4 Å². The number of hydrogen-bond donors (Lipinski definition) is 0. The van der Waals surface area contributed by atoms with Crippen LogP contribution in [0.2, 0.25) is 0 Å². The summed E-state index contributed by atoms with van der Waals surface area (Å²) in [5.74, 6) is -0.862. The van der Waals surface area contributed by atoms with Crippen molar-refractivity contribution in [1.29, 1.82) is 0 Å². The van der Waals surface area contributed by atoms with Crippen molar-refractivity contribution in [2.24, 2.45) is 0 Å². The molecule has 0 spiro atoms. The molecule has 2 heterocycles. The largest absolute Gasteiger partial charge is 0.454 e. The van der Waals surface area contributed by atoms with E-state index in [1.165, 1.54) is 12.5 Å². The maximum atomic E-state index is 12.5. The molecule has 2 aromatic carbocycles. The summed E-state index contributed by atoms with van der Waals surface area (Å²) in [5, 5.41) is 3.92. The van der Waals surface area contributed by atoms with Crippen LogP contribution in [0.4, 0.5) is 0 Å². The molecule has 0 N–H and O–H groups in total. The molecule has 1 aliphatic heterocycles. The van der Waals surface area contributed by atoms with E-state index in [2.05, 4.69) is 24.0 Å². The molecule has 4 rings (SSSR count). The van der Waals surface area contributed by atoms with Gasteiger partial charge < -0.3 is 9.26 Å². The highest BCUT2D eigenvalue weighted by Crippen LogP contribution is 2.25. The van der Waals surface area contributed by atoms with Crippen LogP contribution in [0.1, 0.15) is 58.9 Å². The Morgan fingerprint density at radius 2 is 1.61 bits per heavy atom. The van der Waals surface area contributed by atoms with Gasteiger partial charge in [0.2, 0.25) is 5.82 Å². The van der Waals surface area contributed by atoms with E-state index in [0.717, 1.165) is 10.5 Å². The van der Waals surface area contributed by atoms with Crippen molar-refractivity contribution in [2.75, 3.05) is 0 Å². The van der Waals surface area contributed by atoms with Crippen molar-refractivity contribution in [3.05, 3.63) is 71.1 Å². The van der Waals surface area contributed by atoms with E-state index >= 15 is 0 Å². The summed E-state index contributed by atoms with van der Waals surface area (Å²) in [4.78, 5) is 42.6. The number of amides is 2. The summed E-state index contributed by atoms with van der Waals surface area (Å²) in [7, 11) is 0. The second-order valence-electron chi connectivity index (χ2n) is 7.60. The number of hydrogen-bond acceptors (Lipinski definition) is 7. The van der Waals surface area contributed by atoms with E-state index in [1.807, 2.05) is 24.3 Å². The molecular formula is C23H21N3O5. The molecule has 0 saturated heterocycles. The third-order valence-electron chi connectivity index (χ3n) is 5.20. The first-order chi connectivity index (χ1) is 14.9. The average molecular weight is 419 g/mol. The van der Waals surface area contributed by atoms with Gasteiger partial charge in [0.15, 0.2) is 6.61 Å². The van der Waals surface area contributed by atoms with Gasteiger partial charge >= 0.3 is 5.97 Å². The van der Waals surface area contributed by atoms with Crippen LogP contribution < -0.4 is 0 Å². The smallest absolute Gasteiger partial charge is 0.329 e. The van der Waals surface area contributed by atoms with Crippen LogP contribution in [0.3, 0.4) is 0 Å². The van der Waals surface area contributed by atoms with Crippen LogP contribution in [0.5, 0.6) is 0 Å². The van der Waals surface area contributed by atoms with Gasteiger partial charge in [-0.15, -0.1) is 0 Å². The van der Waals surface area contributed by atoms with Crippen molar-refractivity contribution < 1.29 is 23.6 Å². The lowest BCUT2D eigenvalue weighted by Gasteiger charge is -2.20. The minimum Gasteiger partial charge on any atom is -0.454 e. The molecule has 1 aromatic heterocycles. The van der Waals surface area contributed by atoms with Gasteiger partial charge in [0, 0.05) is 5.56 Å². The number of imide groups is 1. The van der Waals surface area contributed by atoms with E-state index in [0.29, 0.717) is 11.7 Å². The third kappa shape index (κ3) is 3.84. The molecule has 1 atom stereocenters. The zero-order chi connectivity index (χ0) is 22.1. The minimum absolute atomic E-state index is 0.117. The minimum atomic E-state index is -1.08. The molecule has 1 aliphatic rings. The topological polar surface area (TPSA) is 103 Å². The number of fused-ring (bicyclic) bond motifs is 1. The Kier molecular flexibility index (Phi) is 5.37. The molecule has 0 radical (unpaired) electrons. The highest BCUT2D eigenvalue weighted by molar-refractivity contribution is 6.22. The van der Waals surface area contributed by atoms with Crippen LogP contribution in [-0.4, -0.2) is 38.9 Å². The number of esters is 1. The number of aromatic nitrogens is 2. The molecule has 31 heavy (non-hydrogen) atoms. The first-order valence-electron chi connectivity index (χ1n) is 9.93. The fourth-order valence-corrected chi connectivity index (χ4v) is 3.37. The van der Waals surface area contributed by atoms with Crippen molar-refractivity contribution in [2.45, 2.75) is 39.3 Å². The Morgan fingerprint density at radius 3 is 2.19 bits per heavy atom. The van der Waals surface area contributed by atoms with Gasteiger partial charge in [-0.25, -0.2) is 4.79 Å². The second kappa shape index (κ2) is 8.14. The monoisotopic (exact) mass is 419 g/mol. The first kappa shape index (κ1) is 20.5. The Morgan fingerprint density at radius 1 is 1.00 bits per heavy atom. The summed E-state index contributed by atoms with van der Waals surface area (Å²) < 4.78 is 10.4. The van der Waals surface area contributed by atoms with Crippen LogP contribution in [0.15, 0.2) is 53.1 Å². The first-order valence-corrected chi connectivity index (χ1v) is 9.93. The SMILES string of the molecule is CC(C)c1ccc(-c2noc(COC(=O)C(C)N3C(=O)c4ccccc4C3=O)n2)cc1. The molecule has 0 saturated carbocycles. The summed E-state index contributed by atoms with van der Waals surface area (Å²) in [6.45, 7) is 5.40. The van der Waals surface area contributed by atoms with Crippen LogP contribution >= 0.6 is 0 Å². The van der Waals surface area contributed by atoms with Gasteiger partial charge in [0.05, 0.1) is 11.1 Å². The molecule has 0 fully saturated rings. The maximum absolute atomic E-state index is 12.5. The van der Waals surface area contributed by atoms with Gasteiger partial charge in [-0.05, 0) is 30.5 Å². The standard InChI is InChI=1S/C23H21N3O5/c1-13(2)15-8-10-16(11-9-15)20-24-19(31-25-20)12-30-23(29)14(3)26-21(27)17-6-4-5-7-18(17)22(26)28/h4-11,13-14H,12H2,1-3H3. The van der Waals surface area contributed by atoms with Crippen molar-refractivity contribution >= 4 is 17.8 Å². The third-order valence-corrected chi connectivity index (χ3v) is 5.20. The lowest BCUT2D eigenvalue weighted by molar-refractivity contribution is -0.149. The zero-order valence-electron chi connectivity index (χ0n) is 17.4. The predicted molar refractivity (Wildman–Crippen MR) is 110 cm³/mol. The van der Waals surface area contributed by atoms with Gasteiger partial charge in [-0.2, -0.15) is 4.98 Å². The van der Waals surface area contributed by atoms with E-state index in [1.54, 1.807) is 24.3 Å². The molecule has 2 amide bonds. The van der Waals surface area contributed by atoms with E-state index in [9.17, 15) is 14.4 Å². The van der Waals surface area contributed by atoms with Gasteiger partial charge in [-0.3, -0.25) is 14.5 Å². The van der Waals surface area contributed by atoms with E-state index in [-0.39, 0.29) is 23.6 Å². The summed E-state index contributed by atoms with van der Waals surface area (Å²) in [6, 6.07) is 13.2. The second-order valence-corrected chi connectivity index (χ2v) is 7.60. The van der Waals surface area contributed by atoms with Crippen LogP contribution in [0, 0.1) is 0 Å². The molecule has 1 unspecified atom stereocenters. The van der Waals surface area contributed by atoms with Crippen LogP contribution in [-0.2, 0) is 16.1 Å². The number of nitrogens with zero attached hydrogens (tertiary/aromatic N) is 3. The van der Waals surface area contributed by atoms with E-state index < -0.39 is 23.8 Å². The fraction of sp³-hybridized carbons (Fsp3) is 0.261. The molecular weight excluding hydrogens is 398 g/mol. The van der Waals surface area contributed by atoms with E-state index in [4.69, 9.17) is 9.26 Å². The normalized spacial score (nSPS) is 14.1. The molecule has 158 valence electrons. The Bertz CT molecular complexity index is 1120. The Labute approximate surface area is 178 Å². The highest BCUT2D eigenvalue weighted by Gasteiger charge is 2.41. The summed E-state index contributed by atoms with van der Waals surface area (Å²) in [5.41, 5.74) is 2.53. The number of carbonyl (C=O) groups excluding carboxylic acids is 3. The number of ether oxygens (including phenoxy) is 1. The average Bonchev–Trinajstić information content (AvgIpc) is 3.35. The molecule has 8 heteroatoms. The number of benzene rings is 2. The Balaban J connectivity index is 1.39. The highest BCUT2D eigenvalue weighted by atomic mass is 16.6. The lowest BCUT2D eigenvalue weighted by Crippen LogP contribution is -2.43. The number of rotatable bonds is 6. The predicted octanol–water partition coefficient (Wildman–Crippen LogP) is 3.59. The van der Waals surface area contributed by atoms with Gasteiger partial charge in [0.25, 0.3) is 17.7 Å². The summed E-state index contributed by atoms with van der Waals surface area (Å²) in [6.07, 6.45) is 0. The quantitative estimate of drug-likeness (QED) is 0.444. The fourth-order valence-electron chi connectivity index (χ4n) is 3.37. The van der Waals surface area contributed by atoms with Crippen LogP contribution in [0.25, 0.3) is 11.4 Å². The molecule has 0 aliphatic carbocycles. The van der Waals surface area contributed by atoms with Gasteiger partial charge in [0.1, 0.15) is 6.04 Å². The lowest BCUT2D eigenvalue weighted by atomic mass is 10.0.